The molecule has 0 unspecified atom stereocenters. The highest BCUT2D eigenvalue weighted by Gasteiger charge is 2.18. The molecule has 0 saturated carbocycles. The van der Waals surface area contributed by atoms with E-state index in [0.29, 0.717) is 21.8 Å². The fraction of sp³-hybridized carbons (Fsp3) is 0.120. The number of aromatic nitrogens is 1. The van der Waals surface area contributed by atoms with Crippen LogP contribution < -0.4 is 15.5 Å². The Kier molecular flexibility index (Phi) is 6.45. The van der Waals surface area contributed by atoms with Crippen molar-refractivity contribution in [1.82, 2.24) is 10.3 Å². The van der Waals surface area contributed by atoms with Crippen LogP contribution in [0.4, 0.5) is 5.69 Å². The molecule has 0 bridgehead atoms. The molecule has 0 aliphatic carbocycles. The summed E-state index contributed by atoms with van der Waals surface area (Å²) in [7, 11) is -3.96. The summed E-state index contributed by atoms with van der Waals surface area (Å²) in [6.45, 7) is 3.89. The molecule has 3 N–H and O–H groups in total. The number of anilines is 1. The van der Waals surface area contributed by atoms with Gasteiger partial charge in [-0.2, -0.15) is 0 Å². The molecular weight excluding hydrogens is 474 g/mol. The molecule has 0 saturated heterocycles. The smallest absolute Gasteiger partial charge is 0.261 e. The van der Waals surface area contributed by atoms with Gasteiger partial charge in [0, 0.05) is 34.4 Å². The number of aromatic amines is 1. The number of halogens is 1. The van der Waals surface area contributed by atoms with Crippen molar-refractivity contribution < 1.29 is 13.2 Å². The molecule has 0 spiro atoms. The van der Waals surface area contributed by atoms with Gasteiger partial charge in [-0.1, -0.05) is 35.9 Å². The van der Waals surface area contributed by atoms with E-state index in [0.717, 1.165) is 11.1 Å². The number of amides is 1. The van der Waals surface area contributed by atoms with Gasteiger partial charge in [0.05, 0.1) is 4.90 Å². The molecule has 174 valence electrons. The van der Waals surface area contributed by atoms with E-state index in [1.165, 1.54) is 24.4 Å². The van der Waals surface area contributed by atoms with Gasteiger partial charge in [-0.25, -0.2) is 8.42 Å². The van der Waals surface area contributed by atoms with Crippen LogP contribution in [0.25, 0.3) is 10.9 Å². The maximum absolute atomic E-state index is 13.1. The van der Waals surface area contributed by atoms with Crippen molar-refractivity contribution in [2.75, 3.05) is 4.72 Å². The number of hydrogen-bond acceptors (Lipinski definition) is 4. The minimum Gasteiger partial charge on any atom is -0.360 e. The number of rotatable bonds is 6. The SMILES string of the molecule is Cc1cc(C)cc(NS(=O)(=O)c2ccc3[nH]cc(C(=O)NCc4ccccc4Cl)c(=O)c3c2)c1. The second-order valence-electron chi connectivity index (χ2n) is 7.99. The first-order chi connectivity index (χ1) is 16.1. The summed E-state index contributed by atoms with van der Waals surface area (Å²) < 4.78 is 28.5. The molecule has 34 heavy (non-hydrogen) atoms. The Morgan fingerprint density at radius 2 is 1.71 bits per heavy atom. The molecule has 0 aliphatic rings. The minimum atomic E-state index is -3.96. The standard InChI is InChI=1S/C25H22ClN3O4S/c1-15-9-16(2)11-18(10-15)29-34(32,33)19-7-8-23-20(12-19)24(30)21(14-27-23)25(31)28-13-17-5-3-4-6-22(17)26/h3-12,14,29H,13H2,1-2H3,(H,27,30)(H,28,31). The molecule has 9 heteroatoms. The van der Waals surface area contributed by atoms with E-state index in [4.69, 9.17) is 11.6 Å². The Morgan fingerprint density at radius 3 is 2.41 bits per heavy atom. The van der Waals surface area contributed by atoms with E-state index in [2.05, 4.69) is 15.0 Å². The van der Waals surface area contributed by atoms with E-state index in [1.54, 1.807) is 36.4 Å². The number of H-pyrrole nitrogens is 1. The third-order valence-electron chi connectivity index (χ3n) is 5.28. The zero-order valence-electron chi connectivity index (χ0n) is 18.5. The number of benzene rings is 3. The molecule has 0 radical (unpaired) electrons. The Bertz CT molecular complexity index is 1560. The average molecular weight is 496 g/mol. The summed E-state index contributed by atoms with van der Waals surface area (Å²) in [5.74, 6) is -0.593. The van der Waals surface area contributed by atoms with E-state index < -0.39 is 21.4 Å². The molecule has 4 rings (SSSR count). The van der Waals surface area contributed by atoms with Gasteiger partial charge in [-0.15, -0.1) is 0 Å². The quantitative estimate of drug-likeness (QED) is 0.365. The number of nitrogens with one attached hydrogen (secondary N) is 3. The first-order valence-electron chi connectivity index (χ1n) is 10.4. The van der Waals surface area contributed by atoms with Crippen LogP contribution >= 0.6 is 11.6 Å². The molecule has 1 amide bonds. The number of carbonyl (C=O) groups excluding carboxylic acids is 1. The van der Waals surface area contributed by atoms with Gasteiger partial charge in [0.1, 0.15) is 5.56 Å². The van der Waals surface area contributed by atoms with Crippen molar-refractivity contribution in [1.29, 1.82) is 0 Å². The Hall–Kier alpha value is -3.62. The van der Waals surface area contributed by atoms with Gasteiger partial charge < -0.3 is 10.3 Å². The highest BCUT2D eigenvalue weighted by Crippen LogP contribution is 2.21. The van der Waals surface area contributed by atoms with Crippen LogP contribution in [0.15, 0.2) is 76.6 Å². The lowest BCUT2D eigenvalue weighted by atomic mass is 10.1. The molecule has 7 nitrogen and oxygen atoms in total. The molecule has 0 fully saturated rings. The predicted molar refractivity (Wildman–Crippen MR) is 134 cm³/mol. The lowest BCUT2D eigenvalue weighted by Gasteiger charge is -2.11. The fourth-order valence-corrected chi connectivity index (χ4v) is 4.96. The third-order valence-corrected chi connectivity index (χ3v) is 7.03. The van der Waals surface area contributed by atoms with Crippen LogP contribution in [0.5, 0.6) is 0 Å². The minimum absolute atomic E-state index is 0.0849. The highest BCUT2D eigenvalue weighted by molar-refractivity contribution is 7.92. The summed E-state index contributed by atoms with van der Waals surface area (Å²) in [5.41, 5.74) is 2.68. The zero-order valence-corrected chi connectivity index (χ0v) is 20.0. The van der Waals surface area contributed by atoms with Gasteiger partial charge in [-0.3, -0.25) is 14.3 Å². The predicted octanol–water partition coefficient (Wildman–Crippen LogP) is 4.53. The number of hydrogen-bond donors (Lipinski definition) is 3. The van der Waals surface area contributed by atoms with E-state index in [9.17, 15) is 18.0 Å². The van der Waals surface area contributed by atoms with E-state index >= 15 is 0 Å². The second kappa shape index (κ2) is 9.32. The molecule has 0 atom stereocenters. The zero-order chi connectivity index (χ0) is 24.5. The highest BCUT2D eigenvalue weighted by atomic mass is 35.5. The van der Waals surface area contributed by atoms with Gasteiger partial charge in [-0.05, 0) is 66.9 Å². The number of aryl methyl sites for hydroxylation is 2. The van der Waals surface area contributed by atoms with Gasteiger partial charge in [0.25, 0.3) is 15.9 Å². The lowest BCUT2D eigenvalue weighted by Crippen LogP contribution is -2.28. The second-order valence-corrected chi connectivity index (χ2v) is 10.1. The van der Waals surface area contributed by atoms with Crippen molar-refractivity contribution in [3.05, 3.63) is 104 Å². The summed E-state index contributed by atoms with van der Waals surface area (Å²) in [4.78, 5) is 28.5. The molecule has 4 aromatic rings. The van der Waals surface area contributed by atoms with E-state index in [-0.39, 0.29) is 22.4 Å². The van der Waals surface area contributed by atoms with Crippen LogP contribution in [0.2, 0.25) is 5.02 Å². The molecule has 1 aromatic heterocycles. The molecule has 1 heterocycles. The van der Waals surface area contributed by atoms with Crippen LogP contribution in [0.1, 0.15) is 27.0 Å². The summed E-state index contributed by atoms with van der Waals surface area (Å²) in [6.07, 6.45) is 1.31. The molecule has 3 aromatic carbocycles. The largest absolute Gasteiger partial charge is 0.360 e. The van der Waals surface area contributed by atoms with Crippen LogP contribution in [0, 0.1) is 13.8 Å². The van der Waals surface area contributed by atoms with Crippen molar-refractivity contribution in [3.8, 4) is 0 Å². The fourth-order valence-electron chi connectivity index (χ4n) is 3.69. The number of fused-ring (bicyclic) bond motifs is 1. The average Bonchev–Trinajstić information content (AvgIpc) is 2.77. The first-order valence-corrected chi connectivity index (χ1v) is 12.3. The number of pyridine rings is 1. The Balaban J connectivity index is 1.64. The van der Waals surface area contributed by atoms with Crippen molar-refractivity contribution in [2.45, 2.75) is 25.3 Å². The maximum Gasteiger partial charge on any atom is 0.261 e. The van der Waals surface area contributed by atoms with Crippen LogP contribution in [-0.4, -0.2) is 19.3 Å². The topological polar surface area (TPSA) is 108 Å². The molecular formula is C25H22ClN3O4S. The summed E-state index contributed by atoms with van der Waals surface area (Å²) in [5, 5.41) is 3.27. The normalized spacial score (nSPS) is 11.4. The van der Waals surface area contributed by atoms with Gasteiger partial charge in [0.2, 0.25) is 5.43 Å². The van der Waals surface area contributed by atoms with Crippen molar-refractivity contribution >= 4 is 44.1 Å². The van der Waals surface area contributed by atoms with Gasteiger partial charge in [0.15, 0.2) is 0 Å². The van der Waals surface area contributed by atoms with Gasteiger partial charge >= 0.3 is 0 Å². The Morgan fingerprint density at radius 1 is 1.00 bits per heavy atom. The first kappa shape index (κ1) is 23.5. The molecule has 0 aliphatic heterocycles. The lowest BCUT2D eigenvalue weighted by molar-refractivity contribution is 0.0949. The van der Waals surface area contributed by atoms with Crippen LogP contribution in [0.3, 0.4) is 0 Å². The van der Waals surface area contributed by atoms with Crippen LogP contribution in [-0.2, 0) is 16.6 Å². The summed E-state index contributed by atoms with van der Waals surface area (Å²) >= 11 is 6.12. The number of carbonyl (C=O) groups is 1. The third kappa shape index (κ3) is 4.98. The Labute approximate surface area is 201 Å². The summed E-state index contributed by atoms with van der Waals surface area (Å²) in [6, 6.07) is 16.6. The van der Waals surface area contributed by atoms with E-state index in [1.807, 2.05) is 19.9 Å². The number of sulfonamides is 1. The maximum atomic E-state index is 13.1. The van der Waals surface area contributed by atoms with Crippen molar-refractivity contribution in [3.63, 3.8) is 0 Å². The monoisotopic (exact) mass is 495 g/mol. The van der Waals surface area contributed by atoms with Crippen molar-refractivity contribution in [2.24, 2.45) is 0 Å².